The Morgan fingerprint density at radius 3 is 2.67 bits per heavy atom. The molecule has 1 atom stereocenters. The van der Waals surface area contributed by atoms with Crippen LogP contribution in [0.3, 0.4) is 0 Å². The number of phenols is 1. The number of esters is 1. The second kappa shape index (κ2) is 5.02. The summed E-state index contributed by atoms with van der Waals surface area (Å²) < 4.78 is 10.4. The van der Waals surface area contributed by atoms with Gasteiger partial charge in [-0.1, -0.05) is 15.9 Å². The molecule has 1 rings (SSSR count). The Morgan fingerprint density at radius 1 is 1.47 bits per heavy atom. The summed E-state index contributed by atoms with van der Waals surface area (Å²) in [5.41, 5.74) is 0. The topological polar surface area (TPSA) is 55.8 Å². The maximum absolute atomic E-state index is 11.1. The first-order valence-corrected chi connectivity index (χ1v) is 5.06. The van der Waals surface area contributed by atoms with Gasteiger partial charge in [-0.3, -0.25) is 0 Å². The average molecular weight is 275 g/mol. The third-order valence-corrected chi connectivity index (χ3v) is 2.16. The third-order valence-electron chi connectivity index (χ3n) is 1.70. The molecular weight excluding hydrogens is 264 g/mol. The molecule has 82 valence electrons. The Labute approximate surface area is 95.9 Å². The molecule has 0 saturated carbocycles. The van der Waals surface area contributed by atoms with Gasteiger partial charge in [0, 0.05) is 10.5 Å². The van der Waals surface area contributed by atoms with E-state index in [9.17, 15) is 9.90 Å². The van der Waals surface area contributed by atoms with Crippen molar-refractivity contribution in [3.05, 3.63) is 22.7 Å². The van der Waals surface area contributed by atoms with E-state index in [2.05, 4.69) is 20.7 Å². The molecule has 0 aliphatic heterocycles. The fraction of sp³-hybridized carbons (Fsp3) is 0.300. The monoisotopic (exact) mass is 274 g/mol. The molecule has 0 aliphatic carbocycles. The van der Waals surface area contributed by atoms with Gasteiger partial charge in [0.25, 0.3) is 0 Å². The van der Waals surface area contributed by atoms with Crippen LogP contribution in [0, 0.1) is 0 Å². The van der Waals surface area contributed by atoms with Crippen LogP contribution in [-0.2, 0) is 9.53 Å². The number of hydrogen-bond donors (Lipinski definition) is 1. The van der Waals surface area contributed by atoms with Gasteiger partial charge < -0.3 is 14.6 Å². The first kappa shape index (κ1) is 11.8. The number of ether oxygens (including phenoxy) is 2. The predicted molar refractivity (Wildman–Crippen MR) is 57.9 cm³/mol. The van der Waals surface area contributed by atoms with E-state index in [1.165, 1.54) is 19.2 Å². The lowest BCUT2D eigenvalue weighted by Gasteiger charge is -2.12. The number of phenolic OH excluding ortho intramolecular Hbond substituents is 1. The molecular formula is C10H11BrO4. The molecule has 0 heterocycles. The Kier molecular flexibility index (Phi) is 3.96. The number of methoxy groups -OCH3 is 1. The lowest BCUT2D eigenvalue weighted by molar-refractivity contribution is -0.147. The van der Waals surface area contributed by atoms with Crippen molar-refractivity contribution in [1.82, 2.24) is 0 Å². The number of hydrogen-bond acceptors (Lipinski definition) is 4. The van der Waals surface area contributed by atoms with Crippen LogP contribution in [0.25, 0.3) is 0 Å². The molecule has 1 aromatic rings. The summed E-state index contributed by atoms with van der Waals surface area (Å²) in [6.45, 7) is 1.57. The Balaban J connectivity index is 2.76. The number of rotatable bonds is 3. The summed E-state index contributed by atoms with van der Waals surface area (Å²) in [5, 5.41) is 9.28. The first-order chi connectivity index (χ1) is 7.02. The maximum Gasteiger partial charge on any atom is 0.346 e. The zero-order valence-electron chi connectivity index (χ0n) is 8.36. The Morgan fingerprint density at radius 2 is 2.13 bits per heavy atom. The lowest BCUT2D eigenvalue weighted by Crippen LogP contribution is -2.24. The van der Waals surface area contributed by atoms with Gasteiger partial charge in [-0.15, -0.1) is 0 Å². The number of benzene rings is 1. The Hall–Kier alpha value is -1.23. The van der Waals surface area contributed by atoms with Crippen molar-refractivity contribution in [3.63, 3.8) is 0 Å². The predicted octanol–water partition coefficient (Wildman–Crippen LogP) is 2.09. The Bertz CT molecular complexity index is 344. The normalized spacial score (nSPS) is 11.9. The van der Waals surface area contributed by atoms with Gasteiger partial charge in [0.05, 0.1) is 7.11 Å². The minimum atomic E-state index is -0.705. The number of aromatic hydroxyl groups is 1. The van der Waals surface area contributed by atoms with E-state index < -0.39 is 12.1 Å². The third kappa shape index (κ3) is 3.43. The molecule has 1 unspecified atom stereocenters. The van der Waals surface area contributed by atoms with Gasteiger partial charge in [-0.25, -0.2) is 4.79 Å². The van der Waals surface area contributed by atoms with Crippen molar-refractivity contribution in [1.29, 1.82) is 0 Å². The smallest absolute Gasteiger partial charge is 0.346 e. The van der Waals surface area contributed by atoms with Crippen molar-refractivity contribution < 1.29 is 19.4 Å². The fourth-order valence-electron chi connectivity index (χ4n) is 1.03. The fourth-order valence-corrected chi connectivity index (χ4v) is 1.49. The van der Waals surface area contributed by atoms with Gasteiger partial charge in [0.1, 0.15) is 11.5 Å². The molecule has 4 nitrogen and oxygen atoms in total. The summed E-state index contributed by atoms with van der Waals surface area (Å²) in [5.74, 6) is 0.00526. The van der Waals surface area contributed by atoms with Crippen LogP contribution in [0.4, 0.5) is 0 Å². The molecule has 0 amide bonds. The standard InChI is InChI=1S/C10H11BrO4/c1-6(10(13)14-2)15-9-4-7(11)3-8(12)5-9/h3-6,12H,1-2H3. The molecule has 0 aromatic heterocycles. The molecule has 1 aromatic carbocycles. The summed E-state index contributed by atoms with van der Waals surface area (Å²) in [7, 11) is 1.29. The SMILES string of the molecule is COC(=O)C(C)Oc1cc(O)cc(Br)c1. The zero-order chi connectivity index (χ0) is 11.4. The van der Waals surface area contributed by atoms with Crippen molar-refractivity contribution in [2.45, 2.75) is 13.0 Å². The molecule has 0 saturated heterocycles. The minimum absolute atomic E-state index is 0.0661. The van der Waals surface area contributed by atoms with Crippen LogP contribution in [0.2, 0.25) is 0 Å². The van der Waals surface area contributed by atoms with E-state index in [1.807, 2.05) is 0 Å². The molecule has 5 heteroatoms. The number of carbonyl (C=O) groups is 1. The van der Waals surface area contributed by atoms with Crippen LogP contribution in [0.1, 0.15) is 6.92 Å². The van der Waals surface area contributed by atoms with E-state index in [-0.39, 0.29) is 5.75 Å². The molecule has 0 aliphatic rings. The van der Waals surface area contributed by atoms with Gasteiger partial charge in [-0.05, 0) is 19.1 Å². The van der Waals surface area contributed by atoms with Crippen molar-refractivity contribution in [2.75, 3.05) is 7.11 Å². The molecule has 15 heavy (non-hydrogen) atoms. The van der Waals surface area contributed by atoms with Crippen LogP contribution < -0.4 is 4.74 Å². The van der Waals surface area contributed by atoms with Crippen LogP contribution in [0.15, 0.2) is 22.7 Å². The molecule has 0 bridgehead atoms. The second-order valence-electron chi connectivity index (χ2n) is 2.93. The molecule has 1 N–H and O–H groups in total. The summed E-state index contributed by atoms with van der Waals surface area (Å²) >= 11 is 3.20. The zero-order valence-corrected chi connectivity index (χ0v) is 9.95. The summed E-state index contributed by atoms with van der Waals surface area (Å²) in [4.78, 5) is 11.1. The second-order valence-corrected chi connectivity index (χ2v) is 3.84. The lowest BCUT2D eigenvalue weighted by atomic mass is 10.3. The largest absolute Gasteiger partial charge is 0.508 e. The highest BCUT2D eigenvalue weighted by molar-refractivity contribution is 9.10. The quantitative estimate of drug-likeness (QED) is 0.858. The minimum Gasteiger partial charge on any atom is -0.508 e. The van der Waals surface area contributed by atoms with Crippen molar-refractivity contribution >= 4 is 21.9 Å². The summed E-state index contributed by atoms with van der Waals surface area (Å²) in [6, 6.07) is 4.60. The van der Waals surface area contributed by atoms with Crippen molar-refractivity contribution in [2.24, 2.45) is 0 Å². The average Bonchev–Trinajstić information content (AvgIpc) is 2.14. The highest BCUT2D eigenvalue weighted by Gasteiger charge is 2.15. The van der Waals surface area contributed by atoms with Crippen LogP contribution >= 0.6 is 15.9 Å². The van der Waals surface area contributed by atoms with Crippen LogP contribution in [-0.4, -0.2) is 24.3 Å². The van der Waals surface area contributed by atoms with E-state index in [1.54, 1.807) is 13.0 Å². The van der Waals surface area contributed by atoms with E-state index >= 15 is 0 Å². The highest BCUT2D eigenvalue weighted by Crippen LogP contribution is 2.26. The first-order valence-electron chi connectivity index (χ1n) is 4.27. The van der Waals surface area contributed by atoms with Gasteiger partial charge >= 0.3 is 5.97 Å². The van der Waals surface area contributed by atoms with Gasteiger partial charge in [0.2, 0.25) is 0 Å². The van der Waals surface area contributed by atoms with Crippen LogP contribution in [0.5, 0.6) is 11.5 Å². The number of halogens is 1. The van der Waals surface area contributed by atoms with Crippen molar-refractivity contribution in [3.8, 4) is 11.5 Å². The molecule has 0 radical (unpaired) electrons. The summed E-state index contributed by atoms with van der Waals surface area (Å²) in [6.07, 6.45) is -0.705. The molecule has 0 fully saturated rings. The highest BCUT2D eigenvalue weighted by atomic mass is 79.9. The van der Waals surface area contributed by atoms with E-state index in [4.69, 9.17) is 4.74 Å². The number of carbonyl (C=O) groups excluding carboxylic acids is 1. The molecule has 0 spiro atoms. The van der Waals surface area contributed by atoms with E-state index in [0.29, 0.717) is 10.2 Å². The van der Waals surface area contributed by atoms with Gasteiger partial charge in [0.15, 0.2) is 6.10 Å². The van der Waals surface area contributed by atoms with E-state index in [0.717, 1.165) is 0 Å². The maximum atomic E-state index is 11.1. The van der Waals surface area contributed by atoms with Gasteiger partial charge in [-0.2, -0.15) is 0 Å².